The summed E-state index contributed by atoms with van der Waals surface area (Å²) in [6.07, 6.45) is -1.01. The van der Waals surface area contributed by atoms with E-state index >= 15 is 0 Å². The Morgan fingerprint density at radius 1 is 1.43 bits per heavy atom. The number of nitrogens with two attached hydrogens (primary N) is 1. The molecule has 1 amide bonds. The molecular weight excluding hydrogens is 180 g/mol. The molecule has 4 nitrogen and oxygen atoms in total. The van der Waals surface area contributed by atoms with Gasteiger partial charge in [0.05, 0.1) is 11.4 Å². The van der Waals surface area contributed by atoms with Gasteiger partial charge in [-0.15, -0.1) is 0 Å². The summed E-state index contributed by atoms with van der Waals surface area (Å²) in [4.78, 5) is 11.9. The highest BCUT2D eigenvalue weighted by atomic mass is 16.4. The van der Waals surface area contributed by atoms with Crippen LogP contribution in [0.5, 0.6) is 0 Å². The summed E-state index contributed by atoms with van der Waals surface area (Å²) < 4.78 is 0. The summed E-state index contributed by atoms with van der Waals surface area (Å²) in [6.45, 7) is 3.77. The molecule has 0 unspecified atom stereocenters. The lowest BCUT2D eigenvalue weighted by Gasteiger charge is -2.17. The van der Waals surface area contributed by atoms with Crippen molar-refractivity contribution in [1.82, 2.24) is 0 Å². The molecule has 0 heterocycles. The van der Waals surface area contributed by atoms with E-state index < -0.39 is 6.09 Å². The standard InChI is InChI=1S/C10H14N2O2/c1-6-4-7(2)9(11)8(5-6)12(3)10(13)14/h4-5H,11H2,1-3H3,(H,13,14). The van der Waals surface area contributed by atoms with Gasteiger partial charge < -0.3 is 10.8 Å². The van der Waals surface area contributed by atoms with Gasteiger partial charge in [-0.3, -0.25) is 4.90 Å². The monoisotopic (exact) mass is 194 g/mol. The van der Waals surface area contributed by atoms with E-state index in [0.29, 0.717) is 11.4 Å². The average molecular weight is 194 g/mol. The van der Waals surface area contributed by atoms with E-state index in [2.05, 4.69) is 0 Å². The molecule has 1 aromatic rings. The Labute approximate surface area is 82.9 Å². The number of rotatable bonds is 1. The Bertz CT molecular complexity index is 375. The minimum atomic E-state index is -1.01. The highest BCUT2D eigenvalue weighted by Crippen LogP contribution is 2.27. The molecule has 3 N–H and O–H groups in total. The molecule has 0 aromatic heterocycles. The number of nitrogens with zero attached hydrogens (tertiary/aromatic N) is 1. The van der Waals surface area contributed by atoms with Gasteiger partial charge in [0.1, 0.15) is 0 Å². The summed E-state index contributed by atoms with van der Waals surface area (Å²) in [5, 5.41) is 8.81. The number of hydrogen-bond acceptors (Lipinski definition) is 2. The minimum Gasteiger partial charge on any atom is -0.465 e. The fourth-order valence-corrected chi connectivity index (χ4v) is 1.34. The van der Waals surface area contributed by atoms with Gasteiger partial charge in [-0.25, -0.2) is 4.79 Å². The smallest absolute Gasteiger partial charge is 0.411 e. The highest BCUT2D eigenvalue weighted by molar-refractivity contribution is 5.90. The van der Waals surface area contributed by atoms with Crippen LogP contribution in [0.25, 0.3) is 0 Å². The van der Waals surface area contributed by atoms with Crippen molar-refractivity contribution < 1.29 is 9.90 Å². The molecule has 0 saturated heterocycles. The lowest BCUT2D eigenvalue weighted by atomic mass is 10.1. The molecule has 0 atom stereocenters. The molecular formula is C10H14N2O2. The van der Waals surface area contributed by atoms with Gasteiger partial charge in [0.2, 0.25) is 0 Å². The lowest BCUT2D eigenvalue weighted by molar-refractivity contribution is 0.203. The molecule has 0 radical (unpaired) electrons. The first-order chi connectivity index (χ1) is 6.43. The van der Waals surface area contributed by atoms with E-state index in [4.69, 9.17) is 10.8 Å². The molecule has 0 spiro atoms. The second-order valence-electron chi connectivity index (χ2n) is 3.36. The van der Waals surface area contributed by atoms with Crippen molar-refractivity contribution in [3.8, 4) is 0 Å². The van der Waals surface area contributed by atoms with E-state index in [1.54, 1.807) is 6.07 Å². The van der Waals surface area contributed by atoms with Gasteiger partial charge in [-0.2, -0.15) is 0 Å². The van der Waals surface area contributed by atoms with Gasteiger partial charge in [-0.05, 0) is 31.0 Å². The van der Waals surface area contributed by atoms with E-state index in [0.717, 1.165) is 16.0 Å². The summed E-state index contributed by atoms with van der Waals surface area (Å²) in [5.74, 6) is 0. The predicted octanol–water partition coefficient (Wildman–Crippen LogP) is 2.00. The van der Waals surface area contributed by atoms with Crippen molar-refractivity contribution in [2.24, 2.45) is 0 Å². The van der Waals surface area contributed by atoms with Crippen LogP contribution in [0.3, 0.4) is 0 Å². The first kappa shape index (κ1) is 10.4. The van der Waals surface area contributed by atoms with Crippen molar-refractivity contribution in [2.75, 3.05) is 17.7 Å². The zero-order valence-corrected chi connectivity index (χ0v) is 8.53. The van der Waals surface area contributed by atoms with Gasteiger partial charge in [0, 0.05) is 7.05 Å². The Kier molecular flexibility index (Phi) is 2.65. The van der Waals surface area contributed by atoms with Crippen LogP contribution in [0.15, 0.2) is 12.1 Å². The fraction of sp³-hybridized carbons (Fsp3) is 0.300. The Morgan fingerprint density at radius 3 is 2.50 bits per heavy atom. The third-order valence-corrected chi connectivity index (χ3v) is 2.16. The van der Waals surface area contributed by atoms with Crippen LogP contribution >= 0.6 is 0 Å². The number of hydrogen-bond donors (Lipinski definition) is 2. The number of nitrogen functional groups attached to an aromatic ring is 1. The zero-order valence-electron chi connectivity index (χ0n) is 8.53. The molecule has 0 bridgehead atoms. The maximum Gasteiger partial charge on any atom is 0.411 e. The first-order valence-electron chi connectivity index (χ1n) is 4.27. The van der Waals surface area contributed by atoms with Crippen molar-refractivity contribution in [1.29, 1.82) is 0 Å². The van der Waals surface area contributed by atoms with Crippen molar-refractivity contribution in [3.63, 3.8) is 0 Å². The lowest BCUT2D eigenvalue weighted by Crippen LogP contribution is -2.25. The van der Waals surface area contributed by atoms with E-state index in [1.807, 2.05) is 19.9 Å². The van der Waals surface area contributed by atoms with E-state index in [-0.39, 0.29) is 0 Å². The van der Waals surface area contributed by atoms with Crippen molar-refractivity contribution in [3.05, 3.63) is 23.3 Å². The Hall–Kier alpha value is -1.71. The van der Waals surface area contributed by atoms with Crippen LogP contribution in [0.4, 0.5) is 16.2 Å². The van der Waals surface area contributed by atoms with E-state index in [9.17, 15) is 4.79 Å². The van der Waals surface area contributed by atoms with Gasteiger partial charge in [-0.1, -0.05) is 6.07 Å². The molecule has 1 rings (SSSR count). The van der Waals surface area contributed by atoms with Crippen LogP contribution in [0, 0.1) is 13.8 Å². The van der Waals surface area contributed by atoms with E-state index in [1.165, 1.54) is 7.05 Å². The summed E-state index contributed by atoms with van der Waals surface area (Å²) >= 11 is 0. The minimum absolute atomic E-state index is 0.514. The Balaban J connectivity index is 3.26. The quantitative estimate of drug-likeness (QED) is 0.672. The highest BCUT2D eigenvalue weighted by Gasteiger charge is 2.13. The zero-order chi connectivity index (χ0) is 10.9. The van der Waals surface area contributed by atoms with Crippen LogP contribution in [0.2, 0.25) is 0 Å². The third kappa shape index (κ3) is 1.79. The number of amides is 1. The molecule has 0 saturated carbocycles. The summed E-state index contributed by atoms with van der Waals surface area (Å²) in [6, 6.07) is 3.69. The van der Waals surface area contributed by atoms with Gasteiger partial charge in [0.15, 0.2) is 0 Å². The number of carboxylic acid groups (broad SMARTS) is 1. The molecule has 1 aromatic carbocycles. The maximum atomic E-state index is 10.7. The van der Waals surface area contributed by atoms with Crippen LogP contribution in [-0.4, -0.2) is 18.2 Å². The maximum absolute atomic E-state index is 10.7. The summed E-state index contributed by atoms with van der Waals surface area (Å²) in [7, 11) is 1.48. The second-order valence-corrected chi connectivity index (χ2v) is 3.36. The van der Waals surface area contributed by atoms with Crippen LogP contribution < -0.4 is 10.6 Å². The van der Waals surface area contributed by atoms with Gasteiger partial charge >= 0.3 is 6.09 Å². The van der Waals surface area contributed by atoms with Crippen LogP contribution in [0.1, 0.15) is 11.1 Å². The first-order valence-corrected chi connectivity index (χ1v) is 4.27. The molecule has 76 valence electrons. The molecule has 4 heteroatoms. The normalized spacial score (nSPS) is 9.93. The predicted molar refractivity (Wildman–Crippen MR) is 56.8 cm³/mol. The van der Waals surface area contributed by atoms with Crippen molar-refractivity contribution in [2.45, 2.75) is 13.8 Å². The third-order valence-electron chi connectivity index (χ3n) is 2.16. The molecule has 0 aliphatic carbocycles. The average Bonchev–Trinajstić information content (AvgIpc) is 2.09. The van der Waals surface area contributed by atoms with Crippen molar-refractivity contribution >= 4 is 17.5 Å². The summed E-state index contributed by atoms with van der Waals surface area (Å²) in [5.41, 5.74) is 8.73. The Morgan fingerprint density at radius 2 is 2.00 bits per heavy atom. The topological polar surface area (TPSA) is 66.6 Å². The second kappa shape index (κ2) is 3.57. The number of carbonyl (C=O) groups is 1. The van der Waals surface area contributed by atoms with Gasteiger partial charge in [0.25, 0.3) is 0 Å². The SMILES string of the molecule is Cc1cc(C)c(N)c(N(C)C(=O)O)c1. The molecule has 0 aliphatic heterocycles. The fourth-order valence-electron chi connectivity index (χ4n) is 1.34. The number of aryl methyl sites for hydroxylation is 2. The largest absolute Gasteiger partial charge is 0.465 e. The molecule has 0 aliphatic rings. The number of anilines is 2. The van der Waals surface area contributed by atoms with Crippen LogP contribution in [-0.2, 0) is 0 Å². The number of benzene rings is 1. The molecule has 14 heavy (non-hydrogen) atoms. The molecule has 0 fully saturated rings.